The maximum Gasteiger partial charge on any atom is 0.220 e. The van der Waals surface area contributed by atoms with Crippen molar-refractivity contribution in [3.63, 3.8) is 0 Å². The fourth-order valence-corrected chi connectivity index (χ4v) is 8.68. The summed E-state index contributed by atoms with van der Waals surface area (Å²) in [5, 5.41) is 4.27. The van der Waals surface area contributed by atoms with Gasteiger partial charge in [0.15, 0.2) is 6.20 Å². The van der Waals surface area contributed by atoms with Gasteiger partial charge in [-0.2, -0.15) is 0 Å². The third-order valence-electron chi connectivity index (χ3n) is 8.43. The van der Waals surface area contributed by atoms with Crippen LogP contribution in [0.2, 0.25) is 13.1 Å². The average molecular weight is 479 g/mol. The van der Waals surface area contributed by atoms with Crippen molar-refractivity contribution < 1.29 is 4.57 Å². The van der Waals surface area contributed by atoms with E-state index in [1.54, 1.807) is 5.56 Å². The molecule has 35 heavy (non-hydrogen) atoms. The first-order valence-electron chi connectivity index (χ1n) is 13.4. The van der Waals surface area contributed by atoms with Gasteiger partial charge < -0.3 is 0 Å². The summed E-state index contributed by atoms with van der Waals surface area (Å²) in [4.78, 5) is 0. The number of benzene rings is 3. The van der Waals surface area contributed by atoms with Crippen molar-refractivity contribution in [2.24, 2.45) is 7.05 Å². The van der Waals surface area contributed by atoms with Crippen LogP contribution in [0.5, 0.6) is 0 Å². The summed E-state index contributed by atoms with van der Waals surface area (Å²) in [5.41, 5.74) is 8.61. The molecule has 0 saturated heterocycles. The van der Waals surface area contributed by atoms with Gasteiger partial charge in [-0.1, -0.05) is 91.6 Å². The van der Waals surface area contributed by atoms with Crippen LogP contribution in [0.4, 0.5) is 0 Å². The van der Waals surface area contributed by atoms with Crippen LogP contribution in [0.25, 0.3) is 22.0 Å². The van der Waals surface area contributed by atoms with E-state index in [2.05, 4.69) is 111 Å². The molecule has 0 aliphatic heterocycles. The number of fused-ring (bicyclic) bond motifs is 1. The van der Waals surface area contributed by atoms with Gasteiger partial charge in [-0.15, -0.1) is 0 Å². The second-order valence-corrected chi connectivity index (χ2v) is 16.2. The number of rotatable bonds is 5. The number of hydrogen-bond acceptors (Lipinski definition) is 0. The molecule has 1 heterocycles. The summed E-state index contributed by atoms with van der Waals surface area (Å²) in [6, 6.07) is 26.8. The minimum Gasteiger partial charge on any atom is -0.200 e. The third-order valence-corrected chi connectivity index (χ3v) is 11.6. The Hall–Kier alpha value is -2.71. The van der Waals surface area contributed by atoms with Crippen molar-refractivity contribution in [1.29, 1.82) is 0 Å². The van der Waals surface area contributed by atoms with Crippen LogP contribution in [0.1, 0.15) is 60.3 Å². The summed E-state index contributed by atoms with van der Waals surface area (Å²) in [6.07, 6.45) is 9.09. The van der Waals surface area contributed by atoms with E-state index >= 15 is 0 Å². The predicted molar refractivity (Wildman–Crippen MR) is 153 cm³/mol. The minimum atomic E-state index is -1.61. The molecule has 1 aromatic heterocycles. The zero-order chi connectivity index (χ0) is 24.6. The van der Waals surface area contributed by atoms with E-state index in [1.807, 2.05) is 0 Å². The topological polar surface area (TPSA) is 3.88 Å². The molecule has 1 aliphatic carbocycles. The second-order valence-electron chi connectivity index (χ2n) is 11.5. The van der Waals surface area contributed by atoms with Gasteiger partial charge in [-0.25, -0.2) is 4.57 Å². The van der Waals surface area contributed by atoms with Crippen molar-refractivity contribution in [2.45, 2.75) is 71.0 Å². The van der Waals surface area contributed by atoms with Crippen molar-refractivity contribution in [2.75, 3.05) is 0 Å². The van der Waals surface area contributed by atoms with Gasteiger partial charge in [0.1, 0.15) is 7.05 Å². The van der Waals surface area contributed by atoms with Crippen molar-refractivity contribution >= 4 is 24.0 Å². The quantitative estimate of drug-likeness (QED) is 0.204. The molecule has 1 fully saturated rings. The highest BCUT2D eigenvalue weighted by molar-refractivity contribution is 6.89. The zero-order valence-electron chi connectivity index (χ0n) is 22.2. The van der Waals surface area contributed by atoms with Crippen LogP contribution in [-0.2, 0) is 13.1 Å². The number of aromatic nitrogens is 1. The van der Waals surface area contributed by atoms with Crippen molar-refractivity contribution in [3.05, 3.63) is 95.2 Å². The molecule has 1 nitrogen and oxygen atoms in total. The number of hydrogen-bond donors (Lipinski definition) is 0. The fourth-order valence-electron chi connectivity index (χ4n) is 6.14. The van der Waals surface area contributed by atoms with Crippen molar-refractivity contribution in [1.82, 2.24) is 0 Å². The minimum absolute atomic E-state index is 0.721. The molecule has 1 saturated carbocycles. The van der Waals surface area contributed by atoms with Gasteiger partial charge in [0.05, 0.1) is 19.0 Å². The predicted octanol–water partition coefficient (Wildman–Crippen LogP) is 7.69. The standard InChI is InChI=1S/C33H40NSi/c1-24-20-29(27-14-10-7-11-15-27)22-32(25(24)2)33-31-17-16-30(21-28(31)18-19-34(33)3)35(4,5)23-26-12-8-6-9-13-26/h6,8-9,12-13,16-22,27H,7,10-11,14-15,23H2,1-5H3/q+1. The Morgan fingerprint density at radius 2 is 1.60 bits per heavy atom. The third kappa shape index (κ3) is 4.86. The normalized spacial score (nSPS) is 15.0. The summed E-state index contributed by atoms with van der Waals surface area (Å²) < 4.78 is 2.33. The van der Waals surface area contributed by atoms with Gasteiger partial charge in [-0.05, 0) is 72.9 Å². The molecular weight excluding hydrogens is 438 g/mol. The van der Waals surface area contributed by atoms with E-state index in [9.17, 15) is 0 Å². The lowest BCUT2D eigenvalue weighted by Crippen LogP contribution is -2.44. The van der Waals surface area contributed by atoms with Gasteiger partial charge in [0.25, 0.3) is 0 Å². The number of nitrogens with zero attached hydrogens (tertiary/aromatic N) is 1. The molecule has 0 spiro atoms. The smallest absolute Gasteiger partial charge is 0.200 e. The lowest BCUT2D eigenvalue weighted by molar-refractivity contribution is -0.659. The van der Waals surface area contributed by atoms with Crippen LogP contribution in [0, 0.1) is 13.8 Å². The first-order valence-corrected chi connectivity index (χ1v) is 16.6. The molecule has 2 heteroatoms. The largest absolute Gasteiger partial charge is 0.220 e. The fraction of sp³-hybridized carbons (Fsp3) is 0.364. The molecule has 0 amide bonds. The second kappa shape index (κ2) is 9.74. The molecule has 0 atom stereocenters. The van der Waals surface area contributed by atoms with E-state index in [4.69, 9.17) is 0 Å². The first kappa shape index (κ1) is 24.0. The Morgan fingerprint density at radius 1 is 0.857 bits per heavy atom. The lowest BCUT2D eigenvalue weighted by atomic mass is 9.81. The van der Waals surface area contributed by atoms with Gasteiger partial charge in [0, 0.05) is 6.07 Å². The van der Waals surface area contributed by atoms with Gasteiger partial charge in [-0.3, -0.25) is 0 Å². The van der Waals surface area contributed by atoms with E-state index < -0.39 is 8.07 Å². The lowest BCUT2D eigenvalue weighted by Gasteiger charge is -2.24. The molecule has 0 N–H and O–H groups in total. The summed E-state index contributed by atoms with van der Waals surface area (Å²) in [5.74, 6) is 0.721. The van der Waals surface area contributed by atoms with Crippen LogP contribution < -0.4 is 9.75 Å². The molecule has 180 valence electrons. The van der Waals surface area contributed by atoms with Gasteiger partial charge >= 0.3 is 0 Å². The highest BCUT2D eigenvalue weighted by Crippen LogP contribution is 2.37. The number of pyridine rings is 1. The highest BCUT2D eigenvalue weighted by atomic mass is 28.3. The van der Waals surface area contributed by atoms with E-state index in [0.29, 0.717) is 0 Å². The van der Waals surface area contributed by atoms with Gasteiger partial charge in [0.2, 0.25) is 5.69 Å². The summed E-state index contributed by atoms with van der Waals surface area (Å²) in [6.45, 7) is 9.61. The SMILES string of the molecule is Cc1cc(C2CCCCC2)cc(-c2c3ccc([Si](C)(C)Cc4ccccc4)cc3cc[n+]2C)c1C. The number of aryl methyl sites for hydroxylation is 2. The van der Waals surface area contributed by atoms with E-state index in [0.717, 1.165) is 5.92 Å². The molecule has 1 aliphatic rings. The van der Waals surface area contributed by atoms with E-state index in [1.165, 1.54) is 82.1 Å². The molecule has 4 aromatic rings. The molecule has 5 rings (SSSR count). The Kier molecular flexibility index (Phi) is 6.68. The van der Waals surface area contributed by atoms with Crippen LogP contribution >= 0.6 is 0 Å². The zero-order valence-corrected chi connectivity index (χ0v) is 23.2. The molecule has 3 aromatic carbocycles. The Balaban J connectivity index is 1.59. The summed E-state index contributed by atoms with van der Waals surface area (Å²) >= 11 is 0. The average Bonchev–Trinajstić information content (AvgIpc) is 2.86. The highest BCUT2D eigenvalue weighted by Gasteiger charge is 2.26. The van der Waals surface area contributed by atoms with E-state index in [-0.39, 0.29) is 0 Å². The Bertz CT molecular complexity index is 1350. The molecule has 0 unspecified atom stereocenters. The summed E-state index contributed by atoms with van der Waals surface area (Å²) in [7, 11) is 0.601. The molecule has 0 radical (unpaired) electrons. The van der Waals surface area contributed by atoms with Crippen LogP contribution in [0.3, 0.4) is 0 Å². The molecule has 0 bridgehead atoms. The first-order chi connectivity index (χ1) is 16.8. The van der Waals surface area contributed by atoms with Crippen LogP contribution in [0.15, 0.2) is 72.9 Å². The van der Waals surface area contributed by atoms with Crippen molar-refractivity contribution in [3.8, 4) is 11.3 Å². The monoisotopic (exact) mass is 478 g/mol. The Labute approximate surface area is 212 Å². The maximum absolute atomic E-state index is 2.52. The van der Waals surface area contributed by atoms with Crippen LogP contribution in [-0.4, -0.2) is 8.07 Å². The Morgan fingerprint density at radius 3 is 2.34 bits per heavy atom. The maximum atomic E-state index is 2.52. The molecular formula is C33H40NSi+.